The van der Waals surface area contributed by atoms with Crippen molar-refractivity contribution in [2.24, 2.45) is 11.7 Å². The Labute approximate surface area is 119 Å². The number of hydrogen-bond donors (Lipinski definition) is 4. The van der Waals surface area contributed by atoms with E-state index in [1.54, 1.807) is 24.3 Å². The van der Waals surface area contributed by atoms with Crippen LogP contribution in [0.3, 0.4) is 0 Å². The first kappa shape index (κ1) is 16.0. The van der Waals surface area contributed by atoms with Gasteiger partial charge in [0.15, 0.2) is 0 Å². The average Bonchev–Trinajstić information content (AvgIpc) is 2.38. The molecular formula is C14H22N4O2. The van der Waals surface area contributed by atoms with Crippen molar-refractivity contribution in [3.05, 3.63) is 24.3 Å². The number of nitrogens with two attached hydrogens (primary N) is 1. The minimum Gasteiger partial charge on any atom is -0.338 e. The van der Waals surface area contributed by atoms with E-state index in [-0.39, 0.29) is 17.9 Å². The summed E-state index contributed by atoms with van der Waals surface area (Å²) >= 11 is 0. The lowest BCUT2D eigenvalue weighted by atomic mass is 10.0. The molecule has 1 aromatic rings. The molecule has 3 amide bonds. The lowest BCUT2D eigenvalue weighted by Gasteiger charge is -2.15. The maximum atomic E-state index is 11.9. The van der Waals surface area contributed by atoms with Crippen LogP contribution in [0.1, 0.15) is 20.8 Å². The molecule has 5 N–H and O–H groups in total. The zero-order valence-electron chi connectivity index (χ0n) is 12.1. The van der Waals surface area contributed by atoms with Crippen molar-refractivity contribution in [1.82, 2.24) is 5.32 Å². The molecule has 20 heavy (non-hydrogen) atoms. The molecule has 0 saturated heterocycles. The van der Waals surface area contributed by atoms with Gasteiger partial charge in [-0.15, -0.1) is 0 Å². The molecular weight excluding hydrogens is 256 g/mol. The van der Waals surface area contributed by atoms with Crippen LogP contribution in [0.2, 0.25) is 0 Å². The second kappa shape index (κ2) is 7.49. The Morgan fingerprint density at radius 1 is 1.20 bits per heavy atom. The summed E-state index contributed by atoms with van der Waals surface area (Å²) in [5.41, 5.74) is 6.98. The molecule has 0 fully saturated rings. The predicted molar refractivity (Wildman–Crippen MR) is 80.6 cm³/mol. The van der Waals surface area contributed by atoms with Gasteiger partial charge in [0.25, 0.3) is 0 Å². The van der Waals surface area contributed by atoms with Crippen molar-refractivity contribution < 1.29 is 9.59 Å². The second-order valence-corrected chi connectivity index (χ2v) is 4.82. The fourth-order valence-corrected chi connectivity index (χ4v) is 1.54. The summed E-state index contributed by atoms with van der Waals surface area (Å²) in [6.07, 6.45) is 0. The highest BCUT2D eigenvalue weighted by molar-refractivity contribution is 5.96. The summed E-state index contributed by atoms with van der Waals surface area (Å²) in [6.45, 7) is 6.16. The highest BCUT2D eigenvalue weighted by Gasteiger charge is 2.17. The number of amides is 3. The Hall–Kier alpha value is -2.08. The summed E-state index contributed by atoms with van der Waals surface area (Å²) in [7, 11) is 0. The average molecular weight is 278 g/mol. The molecule has 0 bridgehead atoms. The van der Waals surface area contributed by atoms with Crippen LogP contribution < -0.4 is 21.7 Å². The Bertz CT molecular complexity index is 474. The number of anilines is 2. The lowest BCUT2D eigenvalue weighted by molar-refractivity contribution is -0.118. The van der Waals surface area contributed by atoms with Gasteiger partial charge in [0.1, 0.15) is 0 Å². The van der Waals surface area contributed by atoms with Gasteiger partial charge in [-0.2, -0.15) is 0 Å². The summed E-state index contributed by atoms with van der Waals surface area (Å²) in [4.78, 5) is 23.3. The lowest BCUT2D eigenvalue weighted by Crippen LogP contribution is -2.39. The van der Waals surface area contributed by atoms with Crippen molar-refractivity contribution in [2.75, 3.05) is 17.2 Å². The van der Waals surface area contributed by atoms with E-state index >= 15 is 0 Å². The third kappa shape index (κ3) is 4.89. The van der Waals surface area contributed by atoms with Gasteiger partial charge in [-0.05, 0) is 31.0 Å². The van der Waals surface area contributed by atoms with Crippen molar-refractivity contribution in [1.29, 1.82) is 0 Å². The maximum absolute atomic E-state index is 11.9. The molecule has 0 aliphatic heterocycles. The SMILES string of the molecule is CCNC(=O)Nc1cccc(NC(=O)[C@@H](N)C(C)C)c1. The molecule has 0 unspecified atom stereocenters. The number of rotatable bonds is 5. The largest absolute Gasteiger partial charge is 0.338 e. The predicted octanol–water partition coefficient (Wildman–Crippen LogP) is 1.75. The van der Waals surface area contributed by atoms with E-state index in [1.165, 1.54) is 0 Å². The fourth-order valence-electron chi connectivity index (χ4n) is 1.54. The van der Waals surface area contributed by atoms with E-state index in [0.717, 1.165) is 0 Å². The van der Waals surface area contributed by atoms with Crippen LogP contribution in [0.5, 0.6) is 0 Å². The fraction of sp³-hybridized carbons (Fsp3) is 0.429. The van der Waals surface area contributed by atoms with Crippen LogP contribution in [0.4, 0.5) is 16.2 Å². The Morgan fingerprint density at radius 2 is 1.80 bits per heavy atom. The van der Waals surface area contributed by atoms with Crippen LogP contribution in [0, 0.1) is 5.92 Å². The summed E-state index contributed by atoms with van der Waals surface area (Å²) in [6, 6.07) is 6.07. The molecule has 0 aliphatic rings. The van der Waals surface area contributed by atoms with E-state index < -0.39 is 6.04 Å². The smallest absolute Gasteiger partial charge is 0.319 e. The Morgan fingerprint density at radius 3 is 2.35 bits per heavy atom. The molecule has 0 heterocycles. The first-order valence-corrected chi connectivity index (χ1v) is 6.65. The van der Waals surface area contributed by atoms with Crippen molar-refractivity contribution in [3.8, 4) is 0 Å². The summed E-state index contributed by atoms with van der Waals surface area (Å²) < 4.78 is 0. The highest BCUT2D eigenvalue weighted by atomic mass is 16.2. The molecule has 1 atom stereocenters. The zero-order chi connectivity index (χ0) is 15.1. The topological polar surface area (TPSA) is 96.2 Å². The number of benzene rings is 1. The molecule has 0 spiro atoms. The minimum absolute atomic E-state index is 0.0617. The first-order valence-electron chi connectivity index (χ1n) is 6.65. The molecule has 6 heteroatoms. The van der Waals surface area contributed by atoms with Crippen LogP contribution in [0.25, 0.3) is 0 Å². The number of urea groups is 1. The second-order valence-electron chi connectivity index (χ2n) is 4.82. The van der Waals surface area contributed by atoms with Gasteiger partial charge >= 0.3 is 6.03 Å². The normalized spacial score (nSPS) is 11.8. The van der Waals surface area contributed by atoms with E-state index in [2.05, 4.69) is 16.0 Å². The van der Waals surface area contributed by atoms with Gasteiger partial charge in [-0.25, -0.2) is 4.79 Å². The molecule has 0 saturated carbocycles. The molecule has 6 nitrogen and oxygen atoms in total. The number of nitrogens with one attached hydrogen (secondary N) is 3. The number of carbonyl (C=O) groups is 2. The number of hydrogen-bond acceptors (Lipinski definition) is 3. The van der Waals surface area contributed by atoms with Gasteiger partial charge in [0, 0.05) is 17.9 Å². The Kier molecular flexibility index (Phi) is 5.99. The molecule has 1 aromatic carbocycles. The molecule has 0 radical (unpaired) electrons. The van der Waals surface area contributed by atoms with Crippen LogP contribution in [-0.4, -0.2) is 24.5 Å². The minimum atomic E-state index is -0.560. The van der Waals surface area contributed by atoms with Crippen molar-refractivity contribution in [2.45, 2.75) is 26.8 Å². The summed E-state index contributed by atoms with van der Waals surface area (Å²) in [5.74, 6) is -0.179. The van der Waals surface area contributed by atoms with E-state index in [9.17, 15) is 9.59 Å². The monoisotopic (exact) mass is 278 g/mol. The molecule has 1 rings (SSSR count). The third-order valence-electron chi connectivity index (χ3n) is 2.75. The van der Waals surface area contributed by atoms with Gasteiger partial charge < -0.3 is 21.7 Å². The Balaban J connectivity index is 2.68. The van der Waals surface area contributed by atoms with Crippen LogP contribution >= 0.6 is 0 Å². The van der Waals surface area contributed by atoms with E-state index in [4.69, 9.17) is 5.73 Å². The number of carbonyl (C=O) groups excluding carboxylic acids is 2. The van der Waals surface area contributed by atoms with Gasteiger partial charge in [0.2, 0.25) is 5.91 Å². The molecule has 0 aromatic heterocycles. The quantitative estimate of drug-likeness (QED) is 0.660. The van der Waals surface area contributed by atoms with Crippen LogP contribution in [0.15, 0.2) is 24.3 Å². The first-order chi connectivity index (χ1) is 9.43. The van der Waals surface area contributed by atoms with Gasteiger partial charge in [-0.1, -0.05) is 19.9 Å². The van der Waals surface area contributed by atoms with Crippen molar-refractivity contribution in [3.63, 3.8) is 0 Å². The molecule has 110 valence electrons. The van der Waals surface area contributed by atoms with Crippen LogP contribution in [-0.2, 0) is 4.79 Å². The third-order valence-corrected chi connectivity index (χ3v) is 2.75. The summed E-state index contributed by atoms with van der Waals surface area (Å²) in [5, 5.41) is 8.04. The van der Waals surface area contributed by atoms with E-state index in [1.807, 2.05) is 20.8 Å². The van der Waals surface area contributed by atoms with Gasteiger partial charge in [-0.3, -0.25) is 4.79 Å². The zero-order valence-corrected chi connectivity index (χ0v) is 12.1. The highest BCUT2D eigenvalue weighted by Crippen LogP contribution is 2.15. The standard InChI is InChI=1S/C14H22N4O2/c1-4-16-14(20)18-11-7-5-6-10(8-11)17-13(19)12(15)9(2)3/h5-9,12H,4,15H2,1-3H3,(H,17,19)(H2,16,18,20)/t12-/m0/s1. The molecule has 0 aliphatic carbocycles. The maximum Gasteiger partial charge on any atom is 0.319 e. The van der Waals surface area contributed by atoms with E-state index in [0.29, 0.717) is 17.9 Å². The van der Waals surface area contributed by atoms with Gasteiger partial charge in [0.05, 0.1) is 6.04 Å². The van der Waals surface area contributed by atoms with Crippen molar-refractivity contribution >= 4 is 23.3 Å².